The Kier molecular flexibility index (Phi) is 6.03. The summed E-state index contributed by atoms with van der Waals surface area (Å²) in [5, 5.41) is 15.1. The van der Waals surface area contributed by atoms with Gasteiger partial charge in [-0.05, 0) is 48.4 Å². The van der Waals surface area contributed by atoms with Gasteiger partial charge in [-0.15, -0.1) is 0 Å². The molecule has 29 heavy (non-hydrogen) atoms. The van der Waals surface area contributed by atoms with Crippen molar-refractivity contribution < 1.29 is 18.9 Å². The highest BCUT2D eigenvalue weighted by Crippen LogP contribution is 2.31. The van der Waals surface area contributed by atoms with Crippen LogP contribution in [0.25, 0.3) is 11.3 Å². The van der Waals surface area contributed by atoms with E-state index < -0.39 is 4.92 Å². The molecule has 0 fully saturated rings. The minimum absolute atomic E-state index is 0.0318. The number of carbonyl (C=O) groups excluding carboxylic acids is 1. The van der Waals surface area contributed by atoms with Crippen LogP contribution in [0.1, 0.15) is 16.9 Å². The number of carbonyl (C=O) groups is 1. The van der Waals surface area contributed by atoms with E-state index in [0.29, 0.717) is 17.1 Å². The van der Waals surface area contributed by atoms with Crippen molar-refractivity contribution in [1.29, 1.82) is 0 Å². The molecule has 1 heterocycles. The van der Waals surface area contributed by atoms with E-state index in [1.54, 1.807) is 62.6 Å². The first-order valence-electron chi connectivity index (χ1n) is 8.76. The fourth-order valence-electron chi connectivity index (χ4n) is 2.70. The maximum absolute atomic E-state index is 12.0. The van der Waals surface area contributed by atoms with E-state index in [-0.39, 0.29) is 18.0 Å². The average Bonchev–Trinajstić information content (AvgIpc) is 3.17. The standard InChI is InChI=1S/C21H19N3O5/c1-14-3-9-18(19(11-14)24(26)27)20-10-8-17(29-20)13-22-23-21(25)12-15-4-6-16(28-2)7-5-15/h3-11,13H,12H2,1-2H3,(H,23,25). The first kappa shape index (κ1) is 19.8. The topological polar surface area (TPSA) is 107 Å². The van der Waals surface area contributed by atoms with E-state index in [1.165, 1.54) is 12.3 Å². The fourth-order valence-corrected chi connectivity index (χ4v) is 2.70. The third-order valence-electron chi connectivity index (χ3n) is 4.15. The number of hydrogen-bond acceptors (Lipinski definition) is 6. The summed E-state index contributed by atoms with van der Waals surface area (Å²) in [7, 11) is 1.58. The van der Waals surface area contributed by atoms with Crippen molar-refractivity contribution >= 4 is 17.8 Å². The molecule has 0 aliphatic carbocycles. The molecule has 8 nitrogen and oxygen atoms in total. The van der Waals surface area contributed by atoms with Crippen molar-refractivity contribution in [2.75, 3.05) is 7.11 Å². The van der Waals surface area contributed by atoms with E-state index >= 15 is 0 Å². The lowest BCUT2D eigenvalue weighted by molar-refractivity contribution is -0.384. The highest BCUT2D eigenvalue weighted by molar-refractivity contribution is 5.82. The van der Waals surface area contributed by atoms with Crippen molar-refractivity contribution in [3.8, 4) is 17.1 Å². The van der Waals surface area contributed by atoms with Crippen LogP contribution in [-0.2, 0) is 11.2 Å². The van der Waals surface area contributed by atoms with Gasteiger partial charge in [0.25, 0.3) is 5.69 Å². The Bertz CT molecular complexity index is 1050. The maximum Gasteiger partial charge on any atom is 0.280 e. The van der Waals surface area contributed by atoms with E-state index in [0.717, 1.165) is 16.9 Å². The number of benzene rings is 2. The van der Waals surface area contributed by atoms with Gasteiger partial charge in [-0.25, -0.2) is 5.43 Å². The quantitative estimate of drug-likeness (QED) is 0.373. The molecule has 1 amide bonds. The molecule has 0 aliphatic heterocycles. The summed E-state index contributed by atoms with van der Waals surface area (Å²) in [4.78, 5) is 22.8. The third-order valence-corrected chi connectivity index (χ3v) is 4.15. The van der Waals surface area contributed by atoms with Crippen LogP contribution in [0.5, 0.6) is 5.75 Å². The highest BCUT2D eigenvalue weighted by Gasteiger charge is 2.18. The molecular formula is C21H19N3O5. The van der Waals surface area contributed by atoms with Gasteiger partial charge in [0.15, 0.2) is 0 Å². The number of nitrogens with zero attached hydrogens (tertiary/aromatic N) is 2. The molecule has 148 valence electrons. The van der Waals surface area contributed by atoms with Crippen LogP contribution in [0.3, 0.4) is 0 Å². The number of nitro benzene ring substituents is 1. The SMILES string of the molecule is COc1ccc(CC(=O)NN=Cc2ccc(-c3ccc(C)cc3[N+](=O)[O-])o2)cc1. The first-order valence-corrected chi connectivity index (χ1v) is 8.76. The number of nitro groups is 1. The lowest BCUT2D eigenvalue weighted by Gasteiger charge is -2.02. The summed E-state index contributed by atoms with van der Waals surface area (Å²) in [5.41, 5.74) is 4.38. The maximum atomic E-state index is 12.0. The lowest BCUT2D eigenvalue weighted by Crippen LogP contribution is -2.19. The number of nitrogens with one attached hydrogen (secondary N) is 1. The van der Waals surface area contributed by atoms with Gasteiger partial charge in [0, 0.05) is 6.07 Å². The van der Waals surface area contributed by atoms with E-state index in [9.17, 15) is 14.9 Å². The molecule has 0 spiro atoms. The normalized spacial score (nSPS) is 10.8. The number of hydrazone groups is 1. The zero-order chi connectivity index (χ0) is 20.8. The summed E-state index contributed by atoms with van der Waals surface area (Å²) < 4.78 is 10.7. The number of aryl methyl sites for hydroxylation is 1. The molecule has 0 bridgehead atoms. The van der Waals surface area contributed by atoms with Gasteiger partial charge in [0.05, 0.1) is 30.2 Å². The van der Waals surface area contributed by atoms with E-state index in [2.05, 4.69) is 10.5 Å². The van der Waals surface area contributed by atoms with Crippen LogP contribution in [0.4, 0.5) is 5.69 Å². The van der Waals surface area contributed by atoms with Gasteiger partial charge < -0.3 is 9.15 Å². The van der Waals surface area contributed by atoms with Crippen LogP contribution in [0.2, 0.25) is 0 Å². The molecule has 0 saturated heterocycles. The van der Waals surface area contributed by atoms with Gasteiger partial charge in [0.1, 0.15) is 17.3 Å². The van der Waals surface area contributed by atoms with Gasteiger partial charge in [-0.3, -0.25) is 14.9 Å². The summed E-state index contributed by atoms with van der Waals surface area (Å²) in [6.45, 7) is 1.78. The van der Waals surface area contributed by atoms with Gasteiger partial charge in [-0.2, -0.15) is 5.10 Å². The minimum atomic E-state index is -0.446. The van der Waals surface area contributed by atoms with Crippen LogP contribution in [0.15, 0.2) is 64.1 Å². The van der Waals surface area contributed by atoms with Crippen molar-refractivity contribution in [1.82, 2.24) is 5.43 Å². The predicted molar refractivity (Wildman–Crippen MR) is 108 cm³/mol. The molecule has 0 aliphatic rings. The van der Waals surface area contributed by atoms with Crippen molar-refractivity contribution in [3.05, 3.63) is 81.6 Å². The minimum Gasteiger partial charge on any atom is -0.497 e. The third kappa shape index (κ3) is 5.07. The van der Waals surface area contributed by atoms with E-state index in [1.807, 2.05) is 0 Å². The van der Waals surface area contributed by atoms with Gasteiger partial charge in [-0.1, -0.05) is 18.2 Å². The molecule has 1 aromatic heterocycles. The highest BCUT2D eigenvalue weighted by atomic mass is 16.6. The Morgan fingerprint density at radius 1 is 1.21 bits per heavy atom. The zero-order valence-electron chi connectivity index (χ0n) is 15.9. The average molecular weight is 393 g/mol. The van der Waals surface area contributed by atoms with Gasteiger partial charge >= 0.3 is 0 Å². The second-order valence-electron chi connectivity index (χ2n) is 6.30. The summed E-state index contributed by atoms with van der Waals surface area (Å²) >= 11 is 0. The van der Waals surface area contributed by atoms with Crippen LogP contribution in [-0.4, -0.2) is 24.2 Å². The smallest absolute Gasteiger partial charge is 0.280 e. The number of rotatable bonds is 7. The molecule has 0 atom stereocenters. The summed E-state index contributed by atoms with van der Waals surface area (Å²) in [6, 6.07) is 15.3. The molecule has 3 rings (SSSR count). The number of furan rings is 1. The Morgan fingerprint density at radius 2 is 1.97 bits per heavy atom. The second-order valence-corrected chi connectivity index (χ2v) is 6.30. The fraction of sp³-hybridized carbons (Fsp3) is 0.143. The monoisotopic (exact) mass is 393 g/mol. The number of methoxy groups -OCH3 is 1. The Balaban J connectivity index is 1.63. The summed E-state index contributed by atoms with van der Waals surface area (Å²) in [5.74, 6) is 1.14. The van der Waals surface area contributed by atoms with Crippen molar-refractivity contribution in [2.45, 2.75) is 13.3 Å². The molecule has 8 heteroatoms. The molecule has 3 aromatic rings. The Hall–Kier alpha value is -3.94. The number of ether oxygens (including phenoxy) is 1. The molecule has 0 saturated carbocycles. The van der Waals surface area contributed by atoms with E-state index in [4.69, 9.17) is 9.15 Å². The first-order chi connectivity index (χ1) is 14.0. The van der Waals surface area contributed by atoms with Crippen molar-refractivity contribution in [2.24, 2.45) is 5.10 Å². The lowest BCUT2D eigenvalue weighted by atomic mass is 10.1. The molecule has 1 N–H and O–H groups in total. The second kappa shape index (κ2) is 8.83. The van der Waals surface area contributed by atoms with Gasteiger partial charge in [0.2, 0.25) is 5.91 Å². The number of amides is 1. The Morgan fingerprint density at radius 3 is 2.66 bits per heavy atom. The van der Waals surface area contributed by atoms with Crippen LogP contribution < -0.4 is 10.2 Å². The van der Waals surface area contributed by atoms with Crippen LogP contribution >= 0.6 is 0 Å². The molecule has 2 aromatic carbocycles. The largest absolute Gasteiger partial charge is 0.497 e. The molecule has 0 radical (unpaired) electrons. The number of hydrogen-bond donors (Lipinski definition) is 1. The predicted octanol–water partition coefficient (Wildman–Crippen LogP) is 3.86. The molecular weight excluding hydrogens is 374 g/mol. The van der Waals surface area contributed by atoms with Crippen LogP contribution in [0, 0.1) is 17.0 Å². The zero-order valence-corrected chi connectivity index (χ0v) is 15.9. The van der Waals surface area contributed by atoms with Crippen molar-refractivity contribution in [3.63, 3.8) is 0 Å². The molecule has 0 unspecified atom stereocenters. The Labute approximate surface area is 167 Å². The summed E-state index contributed by atoms with van der Waals surface area (Å²) in [6.07, 6.45) is 1.51.